The highest BCUT2D eigenvalue weighted by molar-refractivity contribution is 5.97. The Hall–Kier alpha value is -2.16. The number of rotatable bonds is 12. The van der Waals surface area contributed by atoms with Gasteiger partial charge < -0.3 is 26.4 Å². The summed E-state index contributed by atoms with van der Waals surface area (Å²) in [4.78, 5) is 46.8. The van der Waals surface area contributed by atoms with Crippen LogP contribution in [-0.4, -0.2) is 55.0 Å². The maximum atomic E-state index is 12.2. The number of unbranched alkanes of at least 4 members (excludes halogenated alkanes) is 1. The predicted octanol–water partition coefficient (Wildman–Crippen LogP) is 0.610. The van der Waals surface area contributed by atoms with Crippen molar-refractivity contribution in [1.82, 2.24) is 16.0 Å². The second kappa shape index (κ2) is 13.1. The molecule has 0 heterocycles. The molecule has 5 N–H and O–H groups in total. The van der Waals surface area contributed by atoms with Crippen LogP contribution in [0.4, 0.5) is 4.79 Å². The Balaban J connectivity index is 4.38. The number of ketones is 1. The van der Waals surface area contributed by atoms with Gasteiger partial charge in [0.2, 0.25) is 11.8 Å². The fourth-order valence-electron chi connectivity index (χ4n) is 2.11. The summed E-state index contributed by atoms with van der Waals surface area (Å²) < 4.78 is 5.19. The van der Waals surface area contributed by atoms with Crippen molar-refractivity contribution in [2.24, 2.45) is 5.73 Å². The van der Waals surface area contributed by atoms with Gasteiger partial charge in [0.05, 0.1) is 6.42 Å². The Kier molecular flexibility index (Phi) is 12.0. The van der Waals surface area contributed by atoms with Crippen molar-refractivity contribution in [3.05, 3.63) is 0 Å². The molecule has 0 aromatic carbocycles. The molecule has 156 valence electrons. The summed E-state index contributed by atoms with van der Waals surface area (Å²) in [6.07, 6.45) is 1.16. The number of alkyl carbamates (subject to hydrolysis) is 1. The number of hydrogen-bond donors (Lipinski definition) is 4. The monoisotopic (exact) mass is 386 g/mol. The van der Waals surface area contributed by atoms with E-state index in [0.29, 0.717) is 45.3 Å². The zero-order valence-electron chi connectivity index (χ0n) is 16.9. The van der Waals surface area contributed by atoms with E-state index < -0.39 is 17.7 Å². The molecule has 9 nitrogen and oxygen atoms in total. The molecule has 27 heavy (non-hydrogen) atoms. The number of carbonyl (C=O) groups excluding carboxylic acids is 4. The van der Waals surface area contributed by atoms with E-state index in [2.05, 4.69) is 16.0 Å². The summed E-state index contributed by atoms with van der Waals surface area (Å²) in [6, 6.07) is -0.747. The van der Waals surface area contributed by atoms with Gasteiger partial charge in [-0.15, -0.1) is 0 Å². The van der Waals surface area contributed by atoms with Gasteiger partial charge in [-0.1, -0.05) is 6.92 Å². The number of nitrogens with one attached hydrogen (secondary N) is 3. The van der Waals surface area contributed by atoms with E-state index in [1.165, 1.54) is 0 Å². The van der Waals surface area contributed by atoms with Crippen molar-refractivity contribution in [2.75, 3.05) is 19.6 Å². The molecule has 1 unspecified atom stereocenters. The van der Waals surface area contributed by atoms with Crippen LogP contribution in [0.25, 0.3) is 0 Å². The van der Waals surface area contributed by atoms with Crippen molar-refractivity contribution in [3.63, 3.8) is 0 Å². The quantitative estimate of drug-likeness (QED) is 0.286. The molecule has 0 saturated heterocycles. The standard InChI is InChI=1S/C18H34N4O5/c1-5-13(23)12-15(24)20-10-7-6-8-14(16(25)21-11-9-19)22-17(26)27-18(2,3)4/h14H,5-12,19H2,1-4H3,(H,20,24)(H,21,25)(H,22,26). The van der Waals surface area contributed by atoms with E-state index in [4.69, 9.17) is 10.5 Å². The van der Waals surface area contributed by atoms with E-state index >= 15 is 0 Å². The minimum atomic E-state index is -0.747. The van der Waals surface area contributed by atoms with Crippen molar-refractivity contribution in [2.45, 2.75) is 71.4 Å². The third-order valence-electron chi connectivity index (χ3n) is 3.44. The summed E-state index contributed by atoms with van der Waals surface area (Å²) in [5.74, 6) is -0.736. The molecule has 0 aromatic rings. The van der Waals surface area contributed by atoms with Gasteiger partial charge in [-0.3, -0.25) is 14.4 Å². The van der Waals surface area contributed by atoms with Crippen LogP contribution in [0.3, 0.4) is 0 Å². The van der Waals surface area contributed by atoms with Crippen LogP contribution < -0.4 is 21.7 Å². The van der Waals surface area contributed by atoms with Crippen LogP contribution in [0.15, 0.2) is 0 Å². The lowest BCUT2D eigenvalue weighted by Crippen LogP contribution is -2.49. The summed E-state index contributed by atoms with van der Waals surface area (Å²) in [7, 11) is 0. The van der Waals surface area contributed by atoms with E-state index in [0.717, 1.165) is 0 Å². The highest BCUT2D eigenvalue weighted by Crippen LogP contribution is 2.08. The van der Waals surface area contributed by atoms with Crippen LogP contribution in [0.2, 0.25) is 0 Å². The molecule has 1 atom stereocenters. The Morgan fingerprint density at radius 3 is 2.26 bits per heavy atom. The molecule has 0 aliphatic rings. The first-order valence-corrected chi connectivity index (χ1v) is 9.34. The molecule has 0 fully saturated rings. The van der Waals surface area contributed by atoms with Gasteiger partial charge in [0.1, 0.15) is 17.4 Å². The van der Waals surface area contributed by atoms with Gasteiger partial charge in [0.25, 0.3) is 0 Å². The summed E-state index contributed by atoms with van der Waals surface area (Å²) in [5, 5.41) is 7.88. The van der Waals surface area contributed by atoms with Crippen LogP contribution in [-0.2, 0) is 19.1 Å². The Bertz CT molecular complexity index is 502. The number of carbonyl (C=O) groups is 4. The summed E-state index contributed by atoms with van der Waals surface area (Å²) >= 11 is 0. The third kappa shape index (κ3) is 13.7. The molecule has 0 aliphatic heterocycles. The maximum Gasteiger partial charge on any atom is 0.408 e. The molecular weight excluding hydrogens is 352 g/mol. The lowest BCUT2D eigenvalue weighted by molar-refractivity contribution is -0.128. The summed E-state index contributed by atoms with van der Waals surface area (Å²) in [6.45, 7) is 7.94. The number of hydrogen-bond acceptors (Lipinski definition) is 6. The first-order valence-electron chi connectivity index (χ1n) is 9.34. The van der Waals surface area contributed by atoms with Gasteiger partial charge >= 0.3 is 6.09 Å². The molecule has 0 aromatic heterocycles. The number of amides is 3. The van der Waals surface area contributed by atoms with E-state index in [1.54, 1.807) is 27.7 Å². The van der Waals surface area contributed by atoms with Crippen molar-refractivity contribution in [1.29, 1.82) is 0 Å². The van der Waals surface area contributed by atoms with Gasteiger partial charge in [0, 0.05) is 26.1 Å². The Labute approximate surface area is 161 Å². The van der Waals surface area contributed by atoms with Crippen LogP contribution in [0.1, 0.15) is 59.8 Å². The molecular formula is C18H34N4O5. The minimum absolute atomic E-state index is 0.106. The van der Waals surface area contributed by atoms with Crippen molar-refractivity contribution < 1.29 is 23.9 Å². The normalized spacial score (nSPS) is 12.0. The smallest absolute Gasteiger partial charge is 0.408 e. The highest BCUT2D eigenvalue weighted by atomic mass is 16.6. The lowest BCUT2D eigenvalue weighted by Gasteiger charge is -2.23. The second-order valence-corrected chi connectivity index (χ2v) is 7.19. The van der Waals surface area contributed by atoms with E-state index in [9.17, 15) is 19.2 Å². The molecule has 0 rings (SSSR count). The topological polar surface area (TPSA) is 140 Å². The molecule has 0 spiro atoms. The third-order valence-corrected chi connectivity index (χ3v) is 3.44. The number of nitrogens with two attached hydrogens (primary N) is 1. The molecule has 0 aliphatic carbocycles. The second-order valence-electron chi connectivity index (χ2n) is 7.19. The fraction of sp³-hybridized carbons (Fsp3) is 0.778. The van der Waals surface area contributed by atoms with Crippen molar-refractivity contribution in [3.8, 4) is 0 Å². The van der Waals surface area contributed by atoms with Crippen molar-refractivity contribution >= 4 is 23.7 Å². The average Bonchev–Trinajstić information content (AvgIpc) is 2.56. The van der Waals surface area contributed by atoms with E-state index in [-0.39, 0.29) is 24.0 Å². The average molecular weight is 386 g/mol. The largest absolute Gasteiger partial charge is 0.444 e. The Morgan fingerprint density at radius 2 is 1.70 bits per heavy atom. The molecule has 0 radical (unpaired) electrons. The first-order chi connectivity index (χ1) is 12.6. The first kappa shape index (κ1) is 24.8. The van der Waals surface area contributed by atoms with Crippen LogP contribution >= 0.6 is 0 Å². The molecule has 9 heteroatoms. The highest BCUT2D eigenvalue weighted by Gasteiger charge is 2.23. The molecule has 0 saturated carbocycles. The fourth-order valence-corrected chi connectivity index (χ4v) is 2.11. The zero-order chi connectivity index (χ0) is 20.9. The van der Waals surface area contributed by atoms with Crippen LogP contribution in [0.5, 0.6) is 0 Å². The van der Waals surface area contributed by atoms with Gasteiger partial charge in [-0.25, -0.2) is 4.79 Å². The van der Waals surface area contributed by atoms with E-state index in [1.807, 2.05) is 0 Å². The van der Waals surface area contributed by atoms with Crippen LogP contribution in [0, 0.1) is 0 Å². The van der Waals surface area contributed by atoms with Gasteiger partial charge in [-0.2, -0.15) is 0 Å². The molecule has 0 bridgehead atoms. The maximum absolute atomic E-state index is 12.2. The number of Topliss-reactive ketones (excluding diaryl/α,β-unsaturated/α-hetero) is 1. The zero-order valence-corrected chi connectivity index (χ0v) is 16.9. The minimum Gasteiger partial charge on any atom is -0.444 e. The number of ether oxygens (including phenoxy) is 1. The van der Waals surface area contributed by atoms with Gasteiger partial charge in [0.15, 0.2) is 0 Å². The Morgan fingerprint density at radius 1 is 1.04 bits per heavy atom. The summed E-state index contributed by atoms with van der Waals surface area (Å²) in [5.41, 5.74) is 4.72. The SMILES string of the molecule is CCC(=O)CC(=O)NCCCCC(NC(=O)OC(C)(C)C)C(=O)NCCN. The lowest BCUT2D eigenvalue weighted by atomic mass is 10.1. The predicted molar refractivity (Wildman–Crippen MR) is 102 cm³/mol. The van der Waals surface area contributed by atoms with Gasteiger partial charge in [-0.05, 0) is 40.0 Å². The molecule has 3 amide bonds.